The molecule has 2 saturated carbocycles. The Morgan fingerprint density at radius 2 is 1.67 bits per heavy atom. The van der Waals surface area contributed by atoms with Crippen molar-refractivity contribution in [2.75, 3.05) is 16.8 Å². The van der Waals surface area contributed by atoms with Crippen molar-refractivity contribution in [2.24, 2.45) is 23.7 Å². The van der Waals surface area contributed by atoms with Crippen LogP contribution in [0.4, 0.5) is 11.4 Å². The summed E-state index contributed by atoms with van der Waals surface area (Å²) >= 11 is 0. The number of nitrogens with one attached hydrogen (secondary N) is 1. The number of anilines is 2. The summed E-state index contributed by atoms with van der Waals surface area (Å²) in [7, 11) is 0. The summed E-state index contributed by atoms with van der Waals surface area (Å²) in [5.74, 6) is -1.30. The third kappa shape index (κ3) is 3.71. The van der Waals surface area contributed by atoms with Crippen molar-refractivity contribution >= 4 is 35.1 Å². The van der Waals surface area contributed by atoms with E-state index in [4.69, 9.17) is 4.74 Å². The van der Waals surface area contributed by atoms with E-state index in [1.54, 1.807) is 24.3 Å². The molecular weight excluding hydrogens is 420 g/mol. The van der Waals surface area contributed by atoms with Gasteiger partial charge in [-0.15, -0.1) is 0 Å². The fourth-order valence-electron chi connectivity index (χ4n) is 5.67. The maximum atomic E-state index is 13.0. The van der Waals surface area contributed by atoms with Gasteiger partial charge in [-0.3, -0.25) is 19.3 Å². The Labute approximate surface area is 192 Å². The van der Waals surface area contributed by atoms with Gasteiger partial charge < -0.3 is 10.1 Å². The lowest BCUT2D eigenvalue weighted by Crippen LogP contribution is -2.32. The maximum absolute atomic E-state index is 13.0. The zero-order valence-electron chi connectivity index (χ0n) is 18.7. The van der Waals surface area contributed by atoms with Gasteiger partial charge in [0, 0.05) is 5.69 Å². The first kappa shape index (κ1) is 21.4. The van der Waals surface area contributed by atoms with Gasteiger partial charge in [0.05, 0.1) is 23.1 Å². The van der Waals surface area contributed by atoms with E-state index in [-0.39, 0.29) is 29.2 Å². The molecule has 7 heteroatoms. The van der Waals surface area contributed by atoms with Crippen LogP contribution in [-0.2, 0) is 19.1 Å². The number of carbonyl (C=O) groups is 4. The predicted octanol–water partition coefficient (Wildman–Crippen LogP) is 3.63. The highest BCUT2D eigenvalue weighted by Gasteiger charge is 2.61. The average Bonchev–Trinajstić information content (AvgIpc) is 3.48. The topological polar surface area (TPSA) is 92.8 Å². The number of imide groups is 1. The Morgan fingerprint density at radius 3 is 2.33 bits per heavy atom. The van der Waals surface area contributed by atoms with Gasteiger partial charge in [0.15, 0.2) is 6.61 Å². The number of aryl methyl sites for hydroxylation is 2. The fourth-order valence-corrected chi connectivity index (χ4v) is 5.67. The van der Waals surface area contributed by atoms with E-state index in [2.05, 4.69) is 5.32 Å². The van der Waals surface area contributed by atoms with Crippen molar-refractivity contribution < 1.29 is 23.9 Å². The van der Waals surface area contributed by atoms with Crippen molar-refractivity contribution in [1.82, 2.24) is 0 Å². The third-order valence-corrected chi connectivity index (χ3v) is 7.39. The zero-order chi connectivity index (χ0) is 23.3. The van der Waals surface area contributed by atoms with Crippen LogP contribution in [0.3, 0.4) is 0 Å². The van der Waals surface area contributed by atoms with E-state index >= 15 is 0 Å². The largest absolute Gasteiger partial charge is 0.452 e. The van der Waals surface area contributed by atoms with Crippen molar-refractivity contribution in [2.45, 2.75) is 33.1 Å². The Kier molecular flexibility index (Phi) is 5.27. The lowest BCUT2D eigenvalue weighted by Gasteiger charge is -2.19. The van der Waals surface area contributed by atoms with Crippen LogP contribution < -0.4 is 10.2 Å². The quantitative estimate of drug-likeness (QED) is 0.559. The summed E-state index contributed by atoms with van der Waals surface area (Å²) in [4.78, 5) is 52.1. The standard InChI is InChI=1S/C26H26N2O5/c1-14-6-9-19(10-15(14)2)27-21(29)13-33-26(32)18-4-3-5-20(12-18)28-24(30)22-16-7-8-17(11-16)23(22)25(28)31/h3-6,9-10,12,16-17,22-23H,7-8,11,13H2,1-2H3,(H,27,29)/t16-,17-,22+,23+/m0/s1. The minimum atomic E-state index is -0.688. The van der Waals surface area contributed by atoms with Gasteiger partial charge in [0.25, 0.3) is 5.91 Å². The Hall–Kier alpha value is -3.48. The first-order chi connectivity index (χ1) is 15.8. The van der Waals surface area contributed by atoms with Crippen LogP contribution in [0.2, 0.25) is 0 Å². The molecule has 2 bridgehead atoms. The molecule has 0 spiro atoms. The minimum Gasteiger partial charge on any atom is -0.452 e. The van der Waals surface area contributed by atoms with Crippen molar-refractivity contribution in [3.8, 4) is 0 Å². The molecule has 0 unspecified atom stereocenters. The predicted molar refractivity (Wildman–Crippen MR) is 122 cm³/mol. The SMILES string of the molecule is Cc1ccc(NC(=O)COC(=O)c2cccc(N3C(=O)[C@@H]4[C@H]5CC[C@@H](C5)[C@H]4C3=O)c2)cc1C. The van der Waals surface area contributed by atoms with Crippen LogP contribution in [0.5, 0.6) is 0 Å². The number of nitrogens with zero attached hydrogens (tertiary/aromatic N) is 1. The minimum absolute atomic E-state index is 0.157. The van der Waals surface area contributed by atoms with Gasteiger partial charge >= 0.3 is 5.97 Å². The molecule has 3 fully saturated rings. The monoisotopic (exact) mass is 446 g/mol. The lowest BCUT2D eigenvalue weighted by molar-refractivity contribution is -0.123. The van der Waals surface area contributed by atoms with E-state index < -0.39 is 18.5 Å². The first-order valence-electron chi connectivity index (χ1n) is 11.4. The summed E-state index contributed by atoms with van der Waals surface area (Å²) < 4.78 is 5.17. The second kappa shape index (κ2) is 8.14. The molecule has 1 aliphatic heterocycles. The summed E-state index contributed by atoms with van der Waals surface area (Å²) in [6, 6.07) is 11.8. The molecule has 2 aromatic carbocycles. The van der Waals surface area contributed by atoms with Crippen molar-refractivity contribution in [3.63, 3.8) is 0 Å². The highest BCUT2D eigenvalue weighted by atomic mass is 16.5. The number of hydrogen-bond donors (Lipinski definition) is 1. The van der Waals surface area contributed by atoms with Gasteiger partial charge in [0.2, 0.25) is 11.8 Å². The molecule has 1 saturated heterocycles. The molecule has 3 aliphatic rings. The van der Waals surface area contributed by atoms with E-state index in [9.17, 15) is 19.2 Å². The molecule has 7 nitrogen and oxygen atoms in total. The van der Waals surface area contributed by atoms with Gasteiger partial charge in [0.1, 0.15) is 0 Å². The molecule has 0 aromatic heterocycles. The summed E-state index contributed by atoms with van der Waals surface area (Å²) in [6.07, 6.45) is 2.99. The van der Waals surface area contributed by atoms with Crippen LogP contribution in [0.25, 0.3) is 0 Å². The second-order valence-electron chi connectivity index (χ2n) is 9.37. The van der Waals surface area contributed by atoms with E-state index in [1.165, 1.54) is 11.0 Å². The highest BCUT2D eigenvalue weighted by Crippen LogP contribution is 2.56. The smallest absolute Gasteiger partial charge is 0.338 e. The Bertz CT molecular complexity index is 1150. The normalized spacial score (nSPS) is 25.3. The van der Waals surface area contributed by atoms with E-state index in [1.807, 2.05) is 26.0 Å². The Balaban J connectivity index is 1.24. The molecule has 1 heterocycles. The van der Waals surface area contributed by atoms with Crippen LogP contribution in [-0.4, -0.2) is 30.3 Å². The number of esters is 1. The second-order valence-corrected chi connectivity index (χ2v) is 9.37. The number of ether oxygens (including phenoxy) is 1. The number of carbonyl (C=O) groups excluding carboxylic acids is 4. The van der Waals surface area contributed by atoms with Crippen molar-refractivity contribution in [3.05, 3.63) is 59.2 Å². The van der Waals surface area contributed by atoms with Gasteiger partial charge in [-0.05, 0) is 86.4 Å². The number of hydrogen-bond acceptors (Lipinski definition) is 5. The number of amides is 3. The molecule has 33 heavy (non-hydrogen) atoms. The number of fused-ring (bicyclic) bond motifs is 5. The highest BCUT2D eigenvalue weighted by molar-refractivity contribution is 6.22. The molecule has 0 radical (unpaired) electrons. The summed E-state index contributed by atoms with van der Waals surface area (Å²) in [5.41, 5.74) is 3.36. The van der Waals surface area contributed by atoms with E-state index in [0.29, 0.717) is 23.2 Å². The molecule has 2 aliphatic carbocycles. The lowest BCUT2D eigenvalue weighted by atomic mass is 9.81. The molecule has 170 valence electrons. The van der Waals surface area contributed by atoms with Crippen molar-refractivity contribution in [1.29, 1.82) is 0 Å². The molecule has 3 amide bonds. The van der Waals surface area contributed by atoms with E-state index in [0.717, 1.165) is 30.4 Å². The van der Waals surface area contributed by atoms with Gasteiger partial charge in [-0.1, -0.05) is 12.1 Å². The molecule has 4 atom stereocenters. The maximum Gasteiger partial charge on any atom is 0.338 e. The van der Waals surface area contributed by atoms with Crippen LogP contribution >= 0.6 is 0 Å². The number of rotatable bonds is 5. The van der Waals surface area contributed by atoms with Crippen LogP contribution in [0, 0.1) is 37.5 Å². The third-order valence-electron chi connectivity index (χ3n) is 7.39. The molecule has 2 aromatic rings. The number of benzene rings is 2. The Morgan fingerprint density at radius 1 is 0.970 bits per heavy atom. The van der Waals surface area contributed by atoms with Crippen LogP contribution in [0.15, 0.2) is 42.5 Å². The van der Waals surface area contributed by atoms with Crippen LogP contribution in [0.1, 0.15) is 40.7 Å². The summed E-state index contributed by atoms with van der Waals surface area (Å²) in [5, 5.41) is 2.71. The molecular formula is C26H26N2O5. The van der Waals surface area contributed by atoms with Gasteiger partial charge in [-0.2, -0.15) is 0 Å². The fraction of sp³-hybridized carbons (Fsp3) is 0.385. The molecule has 5 rings (SSSR count). The summed E-state index contributed by atoms with van der Waals surface area (Å²) in [6.45, 7) is 3.49. The average molecular weight is 447 g/mol. The van der Waals surface area contributed by atoms with Gasteiger partial charge in [-0.25, -0.2) is 4.79 Å². The molecule has 1 N–H and O–H groups in total. The first-order valence-corrected chi connectivity index (χ1v) is 11.4. The zero-order valence-corrected chi connectivity index (χ0v) is 18.7.